The van der Waals surface area contributed by atoms with E-state index in [-0.39, 0.29) is 24.3 Å². The van der Waals surface area contributed by atoms with Crippen molar-refractivity contribution >= 4 is 11.7 Å². The van der Waals surface area contributed by atoms with Gasteiger partial charge in [-0.1, -0.05) is 6.07 Å². The van der Waals surface area contributed by atoms with E-state index in [4.69, 9.17) is 0 Å². The summed E-state index contributed by atoms with van der Waals surface area (Å²) in [6.07, 6.45) is -2.80. The summed E-state index contributed by atoms with van der Waals surface area (Å²) in [5.74, 6) is -0.0127. The van der Waals surface area contributed by atoms with E-state index in [0.29, 0.717) is 22.6 Å². The molecule has 0 bridgehead atoms. The van der Waals surface area contributed by atoms with Crippen molar-refractivity contribution < 1.29 is 22.8 Å². The molecule has 0 spiro atoms. The lowest BCUT2D eigenvalue weighted by Gasteiger charge is -2.36. The first-order chi connectivity index (χ1) is 14.5. The summed E-state index contributed by atoms with van der Waals surface area (Å²) in [4.78, 5) is 28.4. The lowest BCUT2D eigenvalue weighted by molar-refractivity contribution is -0.137. The molecule has 1 aromatic carbocycles. The molecule has 1 fully saturated rings. The zero-order chi connectivity index (χ0) is 22.9. The van der Waals surface area contributed by atoms with Crippen LogP contribution in [0.25, 0.3) is 5.69 Å². The maximum Gasteiger partial charge on any atom is 0.416 e. The Morgan fingerprint density at radius 2 is 1.77 bits per heavy atom. The van der Waals surface area contributed by atoms with Gasteiger partial charge in [-0.25, -0.2) is 0 Å². The number of carbonyl (C=O) groups excluding carboxylic acids is 2. The fourth-order valence-electron chi connectivity index (χ4n) is 4.27. The number of rotatable bonds is 5. The van der Waals surface area contributed by atoms with Gasteiger partial charge >= 0.3 is 6.18 Å². The number of alkyl halides is 3. The van der Waals surface area contributed by atoms with Gasteiger partial charge in [0, 0.05) is 55.7 Å². The number of amides is 1. The Morgan fingerprint density at radius 1 is 1.13 bits per heavy atom. The second-order valence-corrected chi connectivity index (χ2v) is 8.23. The van der Waals surface area contributed by atoms with Crippen molar-refractivity contribution in [3.05, 3.63) is 52.8 Å². The van der Waals surface area contributed by atoms with Crippen molar-refractivity contribution in [1.29, 1.82) is 0 Å². The molecule has 0 radical (unpaired) electrons. The average Bonchev–Trinajstić information content (AvgIpc) is 3.01. The van der Waals surface area contributed by atoms with Crippen LogP contribution in [-0.4, -0.2) is 58.8 Å². The minimum atomic E-state index is -4.42. The number of nitrogens with zero attached hydrogens (tertiary/aromatic N) is 3. The minimum absolute atomic E-state index is 0.0385. The largest absolute Gasteiger partial charge is 0.416 e. The van der Waals surface area contributed by atoms with Gasteiger partial charge in [-0.3, -0.25) is 14.5 Å². The van der Waals surface area contributed by atoms with Crippen LogP contribution >= 0.6 is 0 Å². The second-order valence-electron chi connectivity index (χ2n) is 8.23. The maximum absolute atomic E-state index is 13.1. The number of ketones is 1. The number of hydrogen-bond donors (Lipinski definition) is 0. The first-order valence-corrected chi connectivity index (χ1v) is 10.3. The number of carbonyl (C=O) groups is 2. The zero-order valence-electron chi connectivity index (χ0n) is 18.3. The summed E-state index contributed by atoms with van der Waals surface area (Å²) in [6, 6.07) is 7.06. The standard InChI is InChI=1S/C23H28F3N3O2/c1-15-12-21(16(2)29(15)20-7-5-6-18(13-20)23(24,25)26)22(31)14-28-10-8-19(9-11-28)27(4)17(3)30/h5-7,12-13,19H,8-11,14H2,1-4H3. The Labute approximate surface area is 180 Å². The summed E-state index contributed by atoms with van der Waals surface area (Å²) in [6.45, 7) is 6.79. The number of aromatic nitrogens is 1. The van der Waals surface area contributed by atoms with E-state index in [0.717, 1.165) is 38.1 Å². The van der Waals surface area contributed by atoms with E-state index in [9.17, 15) is 22.8 Å². The van der Waals surface area contributed by atoms with Gasteiger partial charge in [0.25, 0.3) is 0 Å². The molecule has 0 N–H and O–H groups in total. The third-order valence-electron chi connectivity index (χ3n) is 6.13. The first-order valence-electron chi connectivity index (χ1n) is 10.3. The number of halogens is 3. The predicted octanol–water partition coefficient (Wildman–Crippen LogP) is 4.24. The number of piperidine rings is 1. The third-order valence-corrected chi connectivity index (χ3v) is 6.13. The van der Waals surface area contributed by atoms with Crippen LogP contribution in [-0.2, 0) is 11.0 Å². The lowest BCUT2D eigenvalue weighted by atomic mass is 10.0. The molecule has 0 saturated carbocycles. The SMILES string of the molecule is CC(=O)N(C)C1CCN(CC(=O)c2cc(C)n(-c3cccc(C(F)(F)F)c3)c2C)CC1. The van der Waals surface area contributed by atoms with Crippen LogP contribution in [0.5, 0.6) is 0 Å². The van der Waals surface area contributed by atoms with Gasteiger partial charge in [-0.15, -0.1) is 0 Å². The smallest absolute Gasteiger partial charge is 0.343 e. The summed E-state index contributed by atoms with van der Waals surface area (Å²) in [7, 11) is 1.80. The molecule has 0 atom stereocenters. The highest BCUT2D eigenvalue weighted by molar-refractivity contribution is 5.99. The van der Waals surface area contributed by atoms with E-state index < -0.39 is 11.7 Å². The molecule has 1 aromatic heterocycles. The van der Waals surface area contributed by atoms with Crippen molar-refractivity contribution in [3.8, 4) is 5.69 Å². The molecule has 0 aliphatic carbocycles. The summed E-state index contributed by atoms with van der Waals surface area (Å²) < 4.78 is 41.0. The van der Waals surface area contributed by atoms with E-state index in [1.807, 2.05) is 0 Å². The maximum atomic E-state index is 13.1. The molecule has 1 amide bonds. The van der Waals surface area contributed by atoms with Crippen LogP contribution in [0.2, 0.25) is 0 Å². The molecule has 1 aliphatic heterocycles. The quantitative estimate of drug-likeness (QED) is 0.660. The number of hydrogen-bond acceptors (Lipinski definition) is 3. The molecular weight excluding hydrogens is 407 g/mol. The second kappa shape index (κ2) is 8.86. The molecule has 1 saturated heterocycles. The number of likely N-dealkylation sites (tertiary alicyclic amines) is 1. The van der Waals surface area contributed by atoms with Gasteiger partial charge in [0.1, 0.15) is 0 Å². The Morgan fingerprint density at radius 3 is 2.35 bits per heavy atom. The van der Waals surface area contributed by atoms with Crippen LogP contribution in [0.4, 0.5) is 13.2 Å². The van der Waals surface area contributed by atoms with Gasteiger partial charge in [-0.2, -0.15) is 13.2 Å². The average molecular weight is 435 g/mol. The van der Waals surface area contributed by atoms with Crippen molar-refractivity contribution in [3.63, 3.8) is 0 Å². The topological polar surface area (TPSA) is 45.6 Å². The van der Waals surface area contributed by atoms with Crippen LogP contribution in [0.15, 0.2) is 30.3 Å². The number of benzene rings is 1. The van der Waals surface area contributed by atoms with Crippen molar-refractivity contribution in [2.75, 3.05) is 26.7 Å². The Bertz CT molecular complexity index is 973. The molecule has 168 valence electrons. The molecule has 8 heteroatoms. The summed E-state index contributed by atoms with van der Waals surface area (Å²) in [5, 5.41) is 0. The molecule has 3 rings (SSSR count). The van der Waals surface area contributed by atoms with Gasteiger partial charge in [0.05, 0.1) is 12.1 Å². The van der Waals surface area contributed by atoms with Crippen molar-refractivity contribution in [1.82, 2.24) is 14.4 Å². The highest BCUT2D eigenvalue weighted by Gasteiger charge is 2.31. The highest BCUT2D eigenvalue weighted by atomic mass is 19.4. The van der Waals surface area contributed by atoms with Crippen LogP contribution < -0.4 is 0 Å². The predicted molar refractivity (Wildman–Crippen MR) is 112 cm³/mol. The third kappa shape index (κ3) is 5.01. The highest BCUT2D eigenvalue weighted by Crippen LogP contribution is 2.31. The van der Waals surface area contributed by atoms with Crippen molar-refractivity contribution in [2.45, 2.75) is 45.8 Å². The van der Waals surface area contributed by atoms with Gasteiger partial charge in [-0.05, 0) is 51.0 Å². The van der Waals surface area contributed by atoms with E-state index >= 15 is 0 Å². The minimum Gasteiger partial charge on any atom is -0.343 e. The normalized spacial score (nSPS) is 15.8. The number of aryl methyl sites for hydroxylation is 1. The van der Waals surface area contributed by atoms with E-state index in [2.05, 4.69) is 4.90 Å². The Balaban J connectivity index is 1.74. The fourth-order valence-corrected chi connectivity index (χ4v) is 4.27. The van der Waals surface area contributed by atoms with Crippen molar-refractivity contribution in [2.24, 2.45) is 0 Å². The monoisotopic (exact) mass is 435 g/mol. The molecule has 2 aromatic rings. The van der Waals surface area contributed by atoms with Gasteiger partial charge in [0.15, 0.2) is 5.78 Å². The molecule has 0 unspecified atom stereocenters. The van der Waals surface area contributed by atoms with Crippen LogP contribution in [0.3, 0.4) is 0 Å². The molecule has 31 heavy (non-hydrogen) atoms. The van der Waals surface area contributed by atoms with Gasteiger partial charge in [0.2, 0.25) is 5.91 Å². The summed E-state index contributed by atoms with van der Waals surface area (Å²) >= 11 is 0. The first kappa shape index (κ1) is 23.1. The molecule has 5 nitrogen and oxygen atoms in total. The molecule has 2 heterocycles. The Hall–Kier alpha value is -2.61. The van der Waals surface area contributed by atoms with Crippen LogP contribution in [0.1, 0.15) is 47.1 Å². The fraction of sp³-hybridized carbons (Fsp3) is 0.478. The number of Topliss-reactive ketones (excluding diaryl/α,β-unsaturated/α-hetero) is 1. The van der Waals surface area contributed by atoms with Gasteiger partial charge < -0.3 is 9.47 Å². The van der Waals surface area contributed by atoms with E-state index in [1.54, 1.807) is 49.4 Å². The summed E-state index contributed by atoms with van der Waals surface area (Å²) in [5.41, 5.74) is 1.54. The zero-order valence-corrected chi connectivity index (χ0v) is 18.3. The van der Waals surface area contributed by atoms with Crippen LogP contribution in [0, 0.1) is 13.8 Å². The molecular formula is C23H28F3N3O2. The Kier molecular flexibility index (Phi) is 6.59. The lowest BCUT2D eigenvalue weighted by Crippen LogP contribution is -2.46. The van der Waals surface area contributed by atoms with E-state index in [1.165, 1.54) is 6.07 Å². The molecule has 1 aliphatic rings.